The van der Waals surface area contributed by atoms with Gasteiger partial charge >= 0.3 is 5.97 Å². The standard InChI is InChI=1S/C12H16O5/c1-7(2)12(16)10(14)6-9(4)17-11(15)5-8(3)13/h9H,1,5-6H2,2-4H3. The molecule has 0 aromatic rings. The highest BCUT2D eigenvalue weighted by Gasteiger charge is 2.20. The van der Waals surface area contributed by atoms with Gasteiger partial charge in [0.2, 0.25) is 11.6 Å². The van der Waals surface area contributed by atoms with Gasteiger partial charge < -0.3 is 4.74 Å². The Kier molecular flexibility index (Phi) is 6.02. The predicted molar refractivity (Wildman–Crippen MR) is 60.3 cm³/mol. The van der Waals surface area contributed by atoms with Crippen LogP contribution < -0.4 is 0 Å². The van der Waals surface area contributed by atoms with Crippen molar-refractivity contribution < 1.29 is 23.9 Å². The van der Waals surface area contributed by atoms with E-state index in [1.807, 2.05) is 0 Å². The second-order valence-corrected chi connectivity index (χ2v) is 3.92. The minimum atomic E-state index is -0.724. The fraction of sp³-hybridized carbons (Fsp3) is 0.500. The summed E-state index contributed by atoms with van der Waals surface area (Å²) in [5.41, 5.74) is 0.150. The molecular weight excluding hydrogens is 224 g/mol. The number of rotatable bonds is 7. The summed E-state index contributed by atoms with van der Waals surface area (Å²) in [5.74, 6) is -2.33. The minimum absolute atomic E-state index is 0.150. The van der Waals surface area contributed by atoms with Crippen molar-refractivity contribution in [2.45, 2.75) is 39.7 Å². The Morgan fingerprint density at radius 1 is 1.18 bits per heavy atom. The van der Waals surface area contributed by atoms with Gasteiger partial charge in [0.15, 0.2) is 0 Å². The van der Waals surface area contributed by atoms with Crippen molar-refractivity contribution in [3.63, 3.8) is 0 Å². The van der Waals surface area contributed by atoms with Crippen molar-refractivity contribution in [3.05, 3.63) is 12.2 Å². The second-order valence-electron chi connectivity index (χ2n) is 3.92. The predicted octanol–water partition coefficient (Wildman–Crippen LogP) is 1.00. The summed E-state index contributed by atoms with van der Waals surface area (Å²) < 4.78 is 4.80. The van der Waals surface area contributed by atoms with Crippen LogP contribution in [0.1, 0.15) is 33.6 Å². The van der Waals surface area contributed by atoms with Gasteiger partial charge in [-0.1, -0.05) is 6.58 Å². The molecule has 0 N–H and O–H groups in total. The third-order valence-corrected chi connectivity index (χ3v) is 1.84. The van der Waals surface area contributed by atoms with Gasteiger partial charge in [0.1, 0.15) is 18.3 Å². The van der Waals surface area contributed by atoms with E-state index in [1.165, 1.54) is 20.8 Å². The van der Waals surface area contributed by atoms with Crippen molar-refractivity contribution in [3.8, 4) is 0 Å². The smallest absolute Gasteiger partial charge is 0.313 e. The molecule has 0 heterocycles. The van der Waals surface area contributed by atoms with Crippen LogP contribution in [-0.4, -0.2) is 29.4 Å². The number of ether oxygens (including phenoxy) is 1. The molecule has 1 unspecified atom stereocenters. The fourth-order valence-electron chi connectivity index (χ4n) is 1.10. The number of carbonyl (C=O) groups excluding carboxylic acids is 4. The molecule has 0 bridgehead atoms. The maximum absolute atomic E-state index is 11.3. The maximum atomic E-state index is 11.3. The molecule has 0 aliphatic heterocycles. The van der Waals surface area contributed by atoms with Gasteiger partial charge in [0, 0.05) is 0 Å². The summed E-state index contributed by atoms with van der Waals surface area (Å²) in [4.78, 5) is 44.2. The molecule has 0 aromatic carbocycles. The van der Waals surface area contributed by atoms with Gasteiger partial charge in [-0.2, -0.15) is 0 Å². The average molecular weight is 240 g/mol. The van der Waals surface area contributed by atoms with Crippen LogP contribution >= 0.6 is 0 Å². The molecule has 0 aromatic heterocycles. The van der Waals surface area contributed by atoms with Crippen LogP contribution in [0.15, 0.2) is 12.2 Å². The second kappa shape index (κ2) is 6.73. The zero-order valence-electron chi connectivity index (χ0n) is 10.2. The van der Waals surface area contributed by atoms with Crippen LogP contribution in [0.2, 0.25) is 0 Å². The lowest BCUT2D eigenvalue weighted by atomic mass is 10.1. The first kappa shape index (κ1) is 15.2. The van der Waals surface area contributed by atoms with E-state index >= 15 is 0 Å². The van der Waals surface area contributed by atoms with E-state index in [-0.39, 0.29) is 24.2 Å². The quantitative estimate of drug-likeness (QED) is 0.287. The van der Waals surface area contributed by atoms with Crippen molar-refractivity contribution in [2.75, 3.05) is 0 Å². The number of ketones is 3. The number of esters is 1. The lowest BCUT2D eigenvalue weighted by molar-refractivity contribution is -0.151. The SMILES string of the molecule is C=C(C)C(=O)C(=O)CC(C)OC(=O)CC(C)=O. The number of hydrogen-bond acceptors (Lipinski definition) is 5. The van der Waals surface area contributed by atoms with E-state index in [2.05, 4.69) is 6.58 Å². The Bertz CT molecular complexity index is 367. The lowest BCUT2D eigenvalue weighted by Gasteiger charge is -2.11. The van der Waals surface area contributed by atoms with E-state index in [9.17, 15) is 19.2 Å². The van der Waals surface area contributed by atoms with Gasteiger partial charge in [-0.3, -0.25) is 19.2 Å². The van der Waals surface area contributed by atoms with Crippen LogP contribution in [0.3, 0.4) is 0 Å². The Hall–Kier alpha value is -1.78. The Morgan fingerprint density at radius 2 is 1.71 bits per heavy atom. The molecule has 0 fully saturated rings. The van der Waals surface area contributed by atoms with E-state index < -0.39 is 23.6 Å². The molecule has 0 spiro atoms. The highest BCUT2D eigenvalue weighted by atomic mass is 16.5. The zero-order chi connectivity index (χ0) is 13.6. The van der Waals surface area contributed by atoms with Gasteiger partial charge in [-0.25, -0.2) is 0 Å². The normalized spacial score (nSPS) is 11.5. The molecule has 0 saturated heterocycles. The number of hydrogen-bond donors (Lipinski definition) is 0. The van der Waals surface area contributed by atoms with Crippen LogP contribution in [0.5, 0.6) is 0 Å². The van der Waals surface area contributed by atoms with Gasteiger partial charge in [-0.05, 0) is 26.3 Å². The Balaban J connectivity index is 4.19. The summed E-state index contributed by atoms with van der Waals surface area (Å²) in [5, 5.41) is 0. The van der Waals surface area contributed by atoms with Crippen LogP contribution in [0.25, 0.3) is 0 Å². The first-order valence-electron chi connectivity index (χ1n) is 5.16. The molecule has 17 heavy (non-hydrogen) atoms. The minimum Gasteiger partial charge on any atom is -0.462 e. The average Bonchev–Trinajstić information content (AvgIpc) is 2.13. The van der Waals surface area contributed by atoms with Crippen LogP contribution in [0, 0.1) is 0 Å². The zero-order valence-corrected chi connectivity index (χ0v) is 10.2. The van der Waals surface area contributed by atoms with E-state index in [1.54, 1.807) is 0 Å². The molecule has 0 aliphatic carbocycles. The van der Waals surface area contributed by atoms with Crippen molar-refractivity contribution in [1.82, 2.24) is 0 Å². The van der Waals surface area contributed by atoms with Crippen molar-refractivity contribution in [2.24, 2.45) is 0 Å². The largest absolute Gasteiger partial charge is 0.462 e. The molecule has 0 radical (unpaired) electrons. The van der Waals surface area contributed by atoms with Crippen LogP contribution in [0.4, 0.5) is 0 Å². The molecule has 94 valence electrons. The maximum Gasteiger partial charge on any atom is 0.313 e. The number of allylic oxidation sites excluding steroid dienone is 1. The topological polar surface area (TPSA) is 77.5 Å². The van der Waals surface area contributed by atoms with E-state index in [0.717, 1.165) is 0 Å². The first-order valence-corrected chi connectivity index (χ1v) is 5.16. The van der Waals surface area contributed by atoms with Gasteiger partial charge in [-0.15, -0.1) is 0 Å². The monoisotopic (exact) mass is 240 g/mol. The summed E-state index contributed by atoms with van der Waals surface area (Å²) in [7, 11) is 0. The summed E-state index contributed by atoms with van der Waals surface area (Å²) >= 11 is 0. The molecule has 5 heteroatoms. The lowest BCUT2D eigenvalue weighted by Crippen LogP contribution is -2.24. The van der Waals surface area contributed by atoms with Gasteiger partial charge in [0.25, 0.3) is 0 Å². The van der Waals surface area contributed by atoms with E-state index in [0.29, 0.717) is 0 Å². The summed E-state index contributed by atoms with van der Waals surface area (Å²) in [6, 6.07) is 0. The van der Waals surface area contributed by atoms with Crippen molar-refractivity contribution >= 4 is 23.3 Å². The third-order valence-electron chi connectivity index (χ3n) is 1.84. The van der Waals surface area contributed by atoms with Crippen LogP contribution in [-0.2, 0) is 23.9 Å². The van der Waals surface area contributed by atoms with E-state index in [4.69, 9.17) is 4.74 Å². The third kappa shape index (κ3) is 6.40. The highest BCUT2D eigenvalue weighted by Crippen LogP contribution is 2.04. The molecule has 0 rings (SSSR count). The first-order chi connectivity index (χ1) is 7.73. The molecule has 0 aliphatic rings. The molecule has 1 atom stereocenters. The van der Waals surface area contributed by atoms with Crippen molar-refractivity contribution in [1.29, 1.82) is 0 Å². The van der Waals surface area contributed by atoms with Gasteiger partial charge in [0.05, 0.1) is 6.42 Å². The molecule has 0 saturated carbocycles. The number of carbonyl (C=O) groups is 4. The summed E-state index contributed by atoms with van der Waals surface area (Å²) in [6.07, 6.45) is -1.25. The fourth-order valence-corrected chi connectivity index (χ4v) is 1.10. The Labute approximate surface area is 99.8 Å². The highest BCUT2D eigenvalue weighted by molar-refractivity contribution is 6.43. The summed E-state index contributed by atoms with van der Waals surface area (Å²) in [6.45, 7) is 7.55. The molecular formula is C12H16O5. The number of Topliss-reactive ketones (excluding diaryl/α,β-unsaturated/α-hetero) is 3. The molecule has 0 amide bonds. The molecule has 5 nitrogen and oxygen atoms in total. The Morgan fingerprint density at radius 3 is 2.12 bits per heavy atom.